The van der Waals surface area contributed by atoms with E-state index in [1.807, 2.05) is 42.5 Å². The van der Waals surface area contributed by atoms with Crippen molar-refractivity contribution in [3.05, 3.63) is 59.9 Å². The molecule has 2 aromatic carbocycles. The fourth-order valence-corrected chi connectivity index (χ4v) is 2.54. The number of nitrogens with one attached hydrogen (secondary N) is 1. The predicted molar refractivity (Wildman–Crippen MR) is 84.6 cm³/mol. The van der Waals surface area contributed by atoms with E-state index in [0.29, 0.717) is 6.54 Å². The summed E-state index contributed by atoms with van der Waals surface area (Å²) >= 11 is 0. The van der Waals surface area contributed by atoms with Gasteiger partial charge in [0.2, 0.25) is 0 Å². The Balaban J connectivity index is 1.87. The van der Waals surface area contributed by atoms with Crippen LogP contribution in [0.3, 0.4) is 0 Å². The number of fused-ring (bicyclic) bond motifs is 1. The average molecular weight is 281 g/mol. The lowest BCUT2D eigenvalue weighted by Gasteiger charge is -2.12. The molecule has 0 bridgehead atoms. The van der Waals surface area contributed by atoms with Crippen molar-refractivity contribution in [2.45, 2.75) is 12.3 Å². The van der Waals surface area contributed by atoms with Gasteiger partial charge < -0.3 is 15.5 Å². The van der Waals surface area contributed by atoms with Crippen LogP contribution in [0.25, 0.3) is 11.0 Å². The van der Waals surface area contributed by atoms with Crippen LogP contribution in [0.5, 0.6) is 5.75 Å². The summed E-state index contributed by atoms with van der Waals surface area (Å²) in [5.74, 6) is 1.99. The molecule has 0 saturated heterocycles. The number of nitrogens with zero attached hydrogens (tertiary/aromatic N) is 1. The molecule has 0 fully saturated rings. The fourth-order valence-electron chi connectivity index (χ4n) is 2.54. The van der Waals surface area contributed by atoms with Crippen LogP contribution in [0.2, 0.25) is 0 Å². The van der Waals surface area contributed by atoms with Crippen LogP contribution < -0.4 is 10.5 Å². The smallest absolute Gasteiger partial charge is 0.119 e. The molecule has 0 aliphatic rings. The molecule has 0 aliphatic carbocycles. The number of aromatic nitrogens is 2. The molecule has 0 saturated carbocycles. The molecular formula is C17H19N3O. The largest absolute Gasteiger partial charge is 0.497 e. The third-order valence-electron chi connectivity index (χ3n) is 3.70. The molecule has 4 nitrogen and oxygen atoms in total. The summed E-state index contributed by atoms with van der Waals surface area (Å²) in [6, 6.07) is 16.1. The van der Waals surface area contributed by atoms with Gasteiger partial charge in [-0.2, -0.15) is 0 Å². The molecule has 4 heteroatoms. The minimum absolute atomic E-state index is 0.171. The maximum absolute atomic E-state index is 5.95. The number of hydrogen-bond acceptors (Lipinski definition) is 3. The summed E-state index contributed by atoms with van der Waals surface area (Å²) in [5.41, 5.74) is 9.19. The first-order valence-corrected chi connectivity index (χ1v) is 7.08. The second-order valence-electron chi connectivity index (χ2n) is 5.13. The van der Waals surface area contributed by atoms with Gasteiger partial charge >= 0.3 is 0 Å². The van der Waals surface area contributed by atoms with E-state index in [4.69, 9.17) is 10.5 Å². The number of imidazole rings is 1. The quantitative estimate of drug-likeness (QED) is 0.756. The van der Waals surface area contributed by atoms with Gasteiger partial charge in [-0.05, 0) is 36.2 Å². The maximum Gasteiger partial charge on any atom is 0.119 e. The molecule has 0 aliphatic heterocycles. The molecule has 0 spiro atoms. The zero-order valence-electron chi connectivity index (χ0n) is 12.0. The number of methoxy groups -OCH3 is 1. The van der Waals surface area contributed by atoms with Crippen molar-refractivity contribution in [2.75, 3.05) is 13.7 Å². The highest BCUT2D eigenvalue weighted by Gasteiger charge is 2.15. The number of nitrogens with two attached hydrogens (primary N) is 1. The van der Waals surface area contributed by atoms with Crippen molar-refractivity contribution in [2.24, 2.45) is 5.73 Å². The third-order valence-corrected chi connectivity index (χ3v) is 3.70. The van der Waals surface area contributed by atoms with Gasteiger partial charge in [-0.15, -0.1) is 0 Å². The van der Waals surface area contributed by atoms with Crippen LogP contribution >= 0.6 is 0 Å². The van der Waals surface area contributed by atoms with Crippen molar-refractivity contribution in [3.8, 4) is 5.75 Å². The Hall–Kier alpha value is -2.33. The van der Waals surface area contributed by atoms with Crippen molar-refractivity contribution >= 4 is 11.0 Å². The molecule has 1 aromatic heterocycles. The van der Waals surface area contributed by atoms with Crippen LogP contribution in [0.4, 0.5) is 0 Å². The molecule has 1 unspecified atom stereocenters. The van der Waals surface area contributed by atoms with Gasteiger partial charge in [0.25, 0.3) is 0 Å². The standard InChI is InChI=1S/C17H19N3O/c1-21-14-6-4-5-12(10-14)9-13(11-18)17-19-15-7-2-3-8-16(15)20-17/h2-8,10,13H,9,11,18H2,1H3,(H,19,20). The maximum atomic E-state index is 5.95. The monoisotopic (exact) mass is 281 g/mol. The molecule has 3 aromatic rings. The number of H-pyrrole nitrogens is 1. The topological polar surface area (TPSA) is 63.9 Å². The SMILES string of the molecule is COc1cccc(CC(CN)c2nc3ccccc3[nH]2)c1. The Bertz CT molecular complexity index is 702. The zero-order valence-corrected chi connectivity index (χ0v) is 12.0. The van der Waals surface area contributed by atoms with Crippen LogP contribution in [0.1, 0.15) is 17.3 Å². The van der Waals surface area contributed by atoms with Crippen molar-refractivity contribution in [1.82, 2.24) is 9.97 Å². The summed E-state index contributed by atoms with van der Waals surface area (Å²) in [4.78, 5) is 8.03. The normalized spacial score (nSPS) is 12.5. The number of rotatable bonds is 5. The minimum atomic E-state index is 0.171. The first kappa shape index (κ1) is 13.6. The molecule has 1 atom stereocenters. The van der Waals surface area contributed by atoms with Gasteiger partial charge in [0.1, 0.15) is 11.6 Å². The lowest BCUT2D eigenvalue weighted by molar-refractivity contribution is 0.414. The first-order chi connectivity index (χ1) is 10.3. The summed E-state index contributed by atoms with van der Waals surface area (Å²) < 4.78 is 5.27. The van der Waals surface area contributed by atoms with E-state index >= 15 is 0 Å². The predicted octanol–water partition coefficient (Wildman–Crippen LogP) is 2.86. The van der Waals surface area contributed by atoms with E-state index in [0.717, 1.165) is 29.0 Å². The number of aromatic amines is 1. The third kappa shape index (κ3) is 2.90. The summed E-state index contributed by atoms with van der Waals surface area (Å²) in [5, 5.41) is 0. The van der Waals surface area contributed by atoms with E-state index in [1.165, 1.54) is 5.56 Å². The van der Waals surface area contributed by atoms with Gasteiger partial charge in [-0.1, -0.05) is 24.3 Å². The summed E-state index contributed by atoms with van der Waals surface area (Å²) in [7, 11) is 1.68. The second-order valence-corrected chi connectivity index (χ2v) is 5.13. The first-order valence-electron chi connectivity index (χ1n) is 7.08. The van der Waals surface area contributed by atoms with E-state index in [1.54, 1.807) is 7.11 Å². The number of hydrogen-bond donors (Lipinski definition) is 2. The van der Waals surface area contributed by atoms with Crippen LogP contribution in [-0.2, 0) is 6.42 Å². The second kappa shape index (κ2) is 5.97. The van der Waals surface area contributed by atoms with E-state index in [9.17, 15) is 0 Å². The van der Waals surface area contributed by atoms with E-state index in [2.05, 4.69) is 16.0 Å². The van der Waals surface area contributed by atoms with Crippen molar-refractivity contribution in [1.29, 1.82) is 0 Å². The Morgan fingerprint density at radius 3 is 2.81 bits per heavy atom. The van der Waals surface area contributed by atoms with Crippen LogP contribution in [0, 0.1) is 0 Å². The Morgan fingerprint density at radius 2 is 2.05 bits per heavy atom. The fraction of sp³-hybridized carbons (Fsp3) is 0.235. The molecule has 0 amide bonds. The Kier molecular flexibility index (Phi) is 3.88. The molecule has 21 heavy (non-hydrogen) atoms. The number of para-hydroxylation sites is 2. The molecule has 1 heterocycles. The molecule has 3 rings (SSSR count). The van der Waals surface area contributed by atoms with E-state index in [-0.39, 0.29) is 5.92 Å². The average Bonchev–Trinajstić information content (AvgIpc) is 2.96. The van der Waals surface area contributed by atoms with Gasteiger partial charge in [0, 0.05) is 12.5 Å². The number of benzene rings is 2. The lowest BCUT2D eigenvalue weighted by Crippen LogP contribution is -2.16. The Labute approximate surface area is 124 Å². The molecular weight excluding hydrogens is 262 g/mol. The lowest BCUT2D eigenvalue weighted by atomic mass is 9.98. The molecule has 0 radical (unpaired) electrons. The molecule has 3 N–H and O–H groups in total. The summed E-state index contributed by atoms with van der Waals surface area (Å²) in [6.07, 6.45) is 0.841. The van der Waals surface area contributed by atoms with Crippen molar-refractivity contribution < 1.29 is 4.74 Å². The zero-order chi connectivity index (χ0) is 14.7. The highest BCUT2D eigenvalue weighted by molar-refractivity contribution is 5.74. The van der Waals surface area contributed by atoms with E-state index < -0.39 is 0 Å². The van der Waals surface area contributed by atoms with Crippen LogP contribution in [0.15, 0.2) is 48.5 Å². The molecule has 108 valence electrons. The summed E-state index contributed by atoms with van der Waals surface area (Å²) in [6.45, 7) is 0.553. The number of ether oxygens (including phenoxy) is 1. The van der Waals surface area contributed by atoms with Gasteiger partial charge in [0.15, 0.2) is 0 Å². The van der Waals surface area contributed by atoms with Crippen molar-refractivity contribution in [3.63, 3.8) is 0 Å². The highest BCUT2D eigenvalue weighted by Crippen LogP contribution is 2.22. The Morgan fingerprint density at radius 1 is 1.19 bits per heavy atom. The van der Waals surface area contributed by atoms with Gasteiger partial charge in [-0.3, -0.25) is 0 Å². The highest BCUT2D eigenvalue weighted by atomic mass is 16.5. The van der Waals surface area contributed by atoms with Gasteiger partial charge in [0.05, 0.1) is 18.1 Å². The van der Waals surface area contributed by atoms with Crippen LogP contribution in [-0.4, -0.2) is 23.6 Å². The van der Waals surface area contributed by atoms with Gasteiger partial charge in [-0.25, -0.2) is 4.98 Å². The minimum Gasteiger partial charge on any atom is -0.497 e.